The molecule has 5 nitrogen and oxygen atoms in total. The molecule has 34 heavy (non-hydrogen) atoms. The molecule has 2 amide bonds. The molecule has 0 radical (unpaired) electrons. The van der Waals surface area contributed by atoms with E-state index in [1.54, 1.807) is 18.5 Å². The van der Waals surface area contributed by atoms with Crippen molar-refractivity contribution in [2.75, 3.05) is 23.7 Å². The number of carbonyl (C=O) groups excluding carboxylic acids is 1. The number of urea groups is 1. The highest BCUT2D eigenvalue weighted by atomic mass is 19.1. The molecule has 0 bridgehead atoms. The van der Waals surface area contributed by atoms with Crippen LogP contribution in [-0.2, 0) is 0 Å². The number of carbonyl (C=O) groups is 1. The number of piperidine rings is 1. The molecule has 3 N–H and O–H groups in total. The van der Waals surface area contributed by atoms with Crippen LogP contribution in [0, 0.1) is 24.6 Å². The summed E-state index contributed by atoms with van der Waals surface area (Å²) in [6, 6.07) is 18.5. The van der Waals surface area contributed by atoms with Crippen molar-refractivity contribution < 1.29 is 9.18 Å². The van der Waals surface area contributed by atoms with Crippen molar-refractivity contribution in [3.8, 4) is 11.1 Å². The normalized spacial score (nSPS) is 20.7. The van der Waals surface area contributed by atoms with Crippen molar-refractivity contribution in [1.82, 2.24) is 10.3 Å². The van der Waals surface area contributed by atoms with Gasteiger partial charge in [-0.25, -0.2) is 9.18 Å². The molecule has 170 valence electrons. The molecule has 2 heterocycles. The van der Waals surface area contributed by atoms with E-state index < -0.39 is 0 Å². The number of fused-ring (bicyclic) bond motifs is 2. The third kappa shape index (κ3) is 3.70. The molecule has 6 rings (SSSR count). The first-order valence-corrected chi connectivity index (χ1v) is 11.6. The fraction of sp³-hybridized carbons (Fsp3) is 0.214. The summed E-state index contributed by atoms with van der Waals surface area (Å²) >= 11 is 0. The minimum atomic E-state index is -0.302. The largest absolute Gasteiger partial charge is 0.323 e. The molecule has 2 fully saturated rings. The Labute approximate surface area is 197 Å². The molecule has 0 spiro atoms. The van der Waals surface area contributed by atoms with Gasteiger partial charge < -0.3 is 16.0 Å². The zero-order valence-corrected chi connectivity index (χ0v) is 18.8. The second kappa shape index (κ2) is 8.22. The van der Waals surface area contributed by atoms with Gasteiger partial charge in [0.1, 0.15) is 5.82 Å². The molecule has 4 aromatic rings. The van der Waals surface area contributed by atoms with Gasteiger partial charge in [0, 0.05) is 34.4 Å². The molecular weight excluding hydrogens is 427 g/mol. The van der Waals surface area contributed by atoms with Crippen LogP contribution >= 0.6 is 0 Å². The first-order chi connectivity index (χ1) is 16.6. The predicted octanol–water partition coefficient (Wildman–Crippen LogP) is 5.93. The van der Waals surface area contributed by atoms with Gasteiger partial charge in [-0.15, -0.1) is 0 Å². The summed E-state index contributed by atoms with van der Waals surface area (Å²) in [6.07, 6.45) is 3.49. The Balaban J connectivity index is 1.31. The molecule has 1 saturated carbocycles. The lowest BCUT2D eigenvalue weighted by atomic mass is 9.96. The molecule has 2 aliphatic rings. The molecule has 6 heteroatoms. The lowest BCUT2D eigenvalue weighted by Crippen LogP contribution is -2.21. The van der Waals surface area contributed by atoms with Crippen LogP contribution < -0.4 is 16.0 Å². The number of hydrogen-bond acceptors (Lipinski definition) is 3. The smallest absolute Gasteiger partial charge is 0.316 e. The van der Waals surface area contributed by atoms with E-state index in [1.165, 1.54) is 0 Å². The van der Waals surface area contributed by atoms with Crippen LogP contribution in [0.1, 0.15) is 17.0 Å². The van der Waals surface area contributed by atoms with Crippen LogP contribution in [0.3, 0.4) is 0 Å². The Morgan fingerprint density at radius 2 is 1.82 bits per heavy atom. The zero-order chi connectivity index (χ0) is 23.2. The van der Waals surface area contributed by atoms with Crippen LogP contribution in [0.5, 0.6) is 0 Å². The summed E-state index contributed by atoms with van der Waals surface area (Å²) in [5.74, 6) is 1.26. The molecule has 2 atom stereocenters. The number of rotatable bonds is 4. The number of halogens is 1. The summed E-state index contributed by atoms with van der Waals surface area (Å²) in [5.41, 5.74) is 4.88. The van der Waals surface area contributed by atoms with E-state index in [0.29, 0.717) is 23.3 Å². The number of nitrogens with one attached hydrogen (secondary N) is 3. The topological polar surface area (TPSA) is 66.0 Å². The quantitative estimate of drug-likeness (QED) is 0.360. The number of aromatic nitrogens is 1. The molecular formula is C28H25FN4O. The molecule has 1 aliphatic heterocycles. The summed E-state index contributed by atoms with van der Waals surface area (Å²) in [7, 11) is 0. The summed E-state index contributed by atoms with van der Waals surface area (Å²) in [5, 5.41) is 11.4. The highest BCUT2D eigenvalue weighted by Gasteiger charge is 2.54. The highest BCUT2D eigenvalue weighted by Crippen LogP contribution is 2.57. The van der Waals surface area contributed by atoms with Crippen molar-refractivity contribution in [3.05, 3.63) is 90.0 Å². The lowest BCUT2D eigenvalue weighted by Gasteiger charge is -2.16. The number of amides is 2. The second-order valence-electron chi connectivity index (χ2n) is 9.28. The number of anilines is 2. The standard InChI is InChI=1S/C28H25FN4O/c1-16-5-7-19(24(29)11-16)17-6-8-26(21(12-17)27-22-14-31-15-23(22)27)33-28(34)32-25-4-2-3-18-13-30-10-9-20(18)25/h2-13,22-23,27,31H,14-15H2,1H3,(H2,32,33,34). The van der Waals surface area contributed by atoms with Gasteiger partial charge in [0.15, 0.2) is 0 Å². The van der Waals surface area contributed by atoms with Crippen LogP contribution in [0.15, 0.2) is 73.1 Å². The van der Waals surface area contributed by atoms with E-state index in [9.17, 15) is 9.18 Å². The molecule has 1 saturated heterocycles. The van der Waals surface area contributed by atoms with Gasteiger partial charge in [-0.1, -0.05) is 30.3 Å². The van der Waals surface area contributed by atoms with Crippen molar-refractivity contribution in [2.24, 2.45) is 11.8 Å². The first-order valence-electron chi connectivity index (χ1n) is 11.6. The van der Waals surface area contributed by atoms with E-state index in [2.05, 4.69) is 27.0 Å². The zero-order valence-electron chi connectivity index (χ0n) is 18.8. The number of aryl methyl sites for hydroxylation is 1. The Hall–Kier alpha value is -3.77. The minimum Gasteiger partial charge on any atom is -0.316 e. The van der Waals surface area contributed by atoms with Gasteiger partial charge in [-0.3, -0.25) is 4.98 Å². The van der Waals surface area contributed by atoms with Gasteiger partial charge in [0.2, 0.25) is 0 Å². The highest BCUT2D eigenvalue weighted by molar-refractivity contribution is 6.06. The first kappa shape index (κ1) is 20.8. The van der Waals surface area contributed by atoms with E-state index >= 15 is 0 Å². The van der Waals surface area contributed by atoms with E-state index in [1.807, 2.05) is 55.5 Å². The van der Waals surface area contributed by atoms with E-state index in [-0.39, 0.29) is 11.8 Å². The number of benzene rings is 3. The molecule has 3 aromatic carbocycles. The fourth-order valence-corrected chi connectivity index (χ4v) is 5.36. The maximum Gasteiger partial charge on any atom is 0.323 e. The second-order valence-corrected chi connectivity index (χ2v) is 9.28. The fourth-order valence-electron chi connectivity index (χ4n) is 5.36. The third-order valence-corrected chi connectivity index (χ3v) is 7.12. The van der Waals surface area contributed by atoms with Crippen LogP contribution in [0.4, 0.5) is 20.6 Å². The Kier molecular flexibility index (Phi) is 5.03. The molecule has 2 unspecified atom stereocenters. The van der Waals surface area contributed by atoms with Gasteiger partial charge in [0.25, 0.3) is 0 Å². The van der Waals surface area contributed by atoms with E-state index in [4.69, 9.17) is 0 Å². The Bertz CT molecular complexity index is 1400. The van der Waals surface area contributed by atoms with Crippen LogP contribution in [0.2, 0.25) is 0 Å². The van der Waals surface area contributed by atoms with Crippen LogP contribution in [0.25, 0.3) is 21.9 Å². The summed E-state index contributed by atoms with van der Waals surface area (Å²) in [4.78, 5) is 17.2. The maximum atomic E-state index is 14.7. The van der Waals surface area contributed by atoms with E-state index in [0.717, 1.165) is 51.9 Å². The van der Waals surface area contributed by atoms with Crippen molar-refractivity contribution >= 4 is 28.2 Å². The number of nitrogens with zero attached hydrogens (tertiary/aromatic N) is 1. The lowest BCUT2D eigenvalue weighted by molar-refractivity contribution is 0.262. The predicted molar refractivity (Wildman–Crippen MR) is 134 cm³/mol. The van der Waals surface area contributed by atoms with Gasteiger partial charge in [-0.05, 0) is 84.8 Å². The number of hydrogen-bond donors (Lipinski definition) is 3. The maximum absolute atomic E-state index is 14.7. The molecule has 1 aliphatic carbocycles. The SMILES string of the molecule is Cc1ccc(-c2ccc(NC(=O)Nc3cccc4cnccc34)c(C3C4CNCC43)c2)c(F)c1. The van der Waals surface area contributed by atoms with Gasteiger partial charge >= 0.3 is 6.03 Å². The Morgan fingerprint density at radius 1 is 1.00 bits per heavy atom. The van der Waals surface area contributed by atoms with Gasteiger partial charge in [-0.2, -0.15) is 0 Å². The van der Waals surface area contributed by atoms with Crippen molar-refractivity contribution in [2.45, 2.75) is 12.8 Å². The number of pyridine rings is 1. The average molecular weight is 453 g/mol. The summed E-state index contributed by atoms with van der Waals surface area (Å²) in [6.45, 7) is 3.84. The van der Waals surface area contributed by atoms with Gasteiger partial charge in [0.05, 0.1) is 5.69 Å². The Morgan fingerprint density at radius 3 is 2.65 bits per heavy atom. The van der Waals surface area contributed by atoms with Crippen molar-refractivity contribution in [1.29, 1.82) is 0 Å². The van der Waals surface area contributed by atoms with Crippen molar-refractivity contribution in [3.63, 3.8) is 0 Å². The van der Waals surface area contributed by atoms with Crippen LogP contribution in [-0.4, -0.2) is 24.1 Å². The monoisotopic (exact) mass is 452 g/mol. The summed E-state index contributed by atoms with van der Waals surface area (Å²) < 4.78 is 14.7. The average Bonchev–Trinajstić information content (AvgIpc) is 3.29. The molecule has 1 aromatic heterocycles. The minimum absolute atomic E-state index is 0.229. The third-order valence-electron chi connectivity index (χ3n) is 7.12.